The van der Waals surface area contributed by atoms with Crippen LogP contribution >= 0.6 is 0 Å². The Hall–Kier alpha value is -0.790. The Balaban J connectivity index is 1.75. The van der Waals surface area contributed by atoms with Gasteiger partial charge < -0.3 is 5.11 Å². The van der Waals surface area contributed by atoms with Crippen molar-refractivity contribution in [1.29, 1.82) is 0 Å². The Morgan fingerprint density at radius 1 is 1.00 bits per heavy atom. The van der Waals surface area contributed by atoms with E-state index in [4.69, 9.17) is 0 Å². The lowest BCUT2D eigenvalue weighted by molar-refractivity contribution is -0.132. The summed E-state index contributed by atoms with van der Waals surface area (Å²) in [5, 5.41) is 10.7. The summed E-state index contributed by atoms with van der Waals surface area (Å²) in [6, 6.07) is 0. The molecule has 0 saturated heterocycles. The molecule has 4 aliphatic carbocycles. The van der Waals surface area contributed by atoms with Gasteiger partial charge in [0.2, 0.25) is 0 Å². The fourth-order valence-electron chi connectivity index (χ4n) is 6.59. The highest BCUT2D eigenvalue weighted by Gasteiger charge is 2.59. The van der Waals surface area contributed by atoms with E-state index in [-0.39, 0.29) is 10.8 Å². The molecule has 0 amide bonds. The summed E-state index contributed by atoms with van der Waals surface area (Å²) in [6.07, 6.45) is 9.86. The van der Waals surface area contributed by atoms with E-state index < -0.39 is 0 Å². The van der Waals surface area contributed by atoms with Gasteiger partial charge in [-0.15, -0.1) is 0 Å². The average molecular weight is 288 g/mol. The molecule has 0 unspecified atom stereocenters. The molecular weight excluding hydrogens is 260 g/mol. The summed E-state index contributed by atoms with van der Waals surface area (Å²) >= 11 is 0. The second kappa shape index (κ2) is 4.36. The first kappa shape index (κ1) is 13.8. The van der Waals surface area contributed by atoms with E-state index in [1.54, 1.807) is 0 Å². The minimum atomic E-state index is -0.0794. The molecule has 0 radical (unpaired) electrons. The van der Waals surface area contributed by atoms with Crippen molar-refractivity contribution in [3.8, 4) is 0 Å². The van der Waals surface area contributed by atoms with Gasteiger partial charge in [-0.2, -0.15) is 0 Å². The highest BCUT2D eigenvalue weighted by Crippen LogP contribution is 2.64. The number of hydrogen-bond donors (Lipinski definition) is 1. The number of fused-ring (bicyclic) bond motifs is 5. The monoisotopic (exact) mass is 288 g/mol. The quantitative estimate of drug-likeness (QED) is 0.695. The molecule has 5 atom stereocenters. The summed E-state index contributed by atoms with van der Waals surface area (Å²) in [6.45, 7) is 4.62. The number of rotatable bonds is 0. The Labute approximate surface area is 128 Å². The fraction of sp³-hybridized carbons (Fsp3) is 0.842. The zero-order valence-corrected chi connectivity index (χ0v) is 13.5. The lowest BCUT2D eigenvalue weighted by Gasteiger charge is -2.56. The number of carbonyl (C=O) groups is 1. The SMILES string of the molecule is C[C@]12CCCCC1=C(O)C[C@@H]1[C@H]2CC[C@]2(C)C(=O)CC[C@@H]12. The van der Waals surface area contributed by atoms with Crippen LogP contribution in [0, 0.1) is 28.6 Å². The highest BCUT2D eigenvalue weighted by atomic mass is 16.3. The maximum atomic E-state index is 12.4. The summed E-state index contributed by atoms with van der Waals surface area (Å²) in [4.78, 5) is 12.4. The fourth-order valence-corrected chi connectivity index (χ4v) is 6.59. The second-order valence-corrected chi connectivity index (χ2v) is 8.55. The predicted molar refractivity (Wildman–Crippen MR) is 82.9 cm³/mol. The molecule has 4 aliphatic rings. The summed E-state index contributed by atoms with van der Waals surface area (Å²) in [5.41, 5.74) is 1.52. The minimum absolute atomic E-state index is 0.0794. The van der Waals surface area contributed by atoms with Crippen molar-refractivity contribution in [1.82, 2.24) is 0 Å². The third kappa shape index (κ3) is 1.68. The third-order valence-corrected chi connectivity index (χ3v) is 7.80. The second-order valence-electron chi connectivity index (χ2n) is 8.55. The molecule has 3 saturated carbocycles. The highest BCUT2D eigenvalue weighted by molar-refractivity contribution is 5.87. The summed E-state index contributed by atoms with van der Waals surface area (Å²) in [7, 11) is 0. The molecule has 4 rings (SSSR count). The lowest BCUT2D eigenvalue weighted by atomic mass is 9.48. The van der Waals surface area contributed by atoms with Gasteiger partial charge >= 0.3 is 0 Å². The van der Waals surface area contributed by atoms with E-state index in [0.29, 0.717) is 29.3 Å². The van der Waals surface area contributed by atoms with E-state index in [9.17, 15) is 9.90 Å². The molecule has 0 aromatic carbocycles. The molecule has 116 valence electrons. The van der Waals surface area contributed by atoms with E-state index in [0.717, 1.165) is 32.1 Å². The zero-order chi connectivity index (χ0) is 14.8. The molecule has 2 heteroatoms. The maximum absolute atomic E-state index is 12.4. The van der Waals surface area contributed by atoms with Gasteiger partial charge in [-0.1, -0.05) is 20.3 Å². The first-order chi connectivity index (χ1) is 9.97. The van der Waals surface area contributed by atoms with Gasteiger partial charge in [-0.05, 0) is 67.3 Å². The molecule has 0 aliphatic heterocycles. The number of aliphatic hydroxyl groups is 1. The molecule has 0 aromatic rings. The number of Topliss-reactive ketones (excluding diaryl/α,β-unsaturated/α-hetero) is 1. The molecular formula is C19H28O2. The summed E-state index contributed by atoms with van der Waals surface area (Å²) < 4.78 is 0. The van der Waals surface area contributed by atoms with Crippen LogP contribution in [0.25, 0.3) is 0 Å². The van der Waals surface area contributed by atoms with Crippen LogP contribution in [-0.4, -0.2) is 10.9 Å². The van der Waals surface area contributed by atoms with Crippen LogP contribution in [0.4, 0.5) is 0 Å². The van der Waals surface area contributed by atoms with Crippen molar-refractivity contribution in [2.45, 2.75) is 71.6 Å². The first-order valence-corrected chi connectivity index (χ1v) is 8.91. The Kier molecular flexibility index (Phi) is 2.88. The van der Waals surface area contributed by atoms with E-state index in [1.165, 1.54) is 31.3 Å². The molecule has 1 N–H and O–H groups in total. The minimum Gasteiger partial charge on any atom is -0.512 e. The molecule has 0 aromatic heterocycles. The number of hydrogen-bond acceptors (Lipinski definition) is 2. The Morgan fingerprint density at radius 2 is 1.76 bits per heavy atom. The van der Waals surface area contributed by atoms with Gasteiger partial charge in [-0.25, -0.2) is 0 Å². The lowest BCUT2D eigenvalue weighted by Crippen LogP contribution is -2.50. The first-order valence-electron chi connectivity index (χ1n) is 8.91. The van der Waals surface area contributed by atoms with Gasteiger partial charge in [0, 0.05) is 18.3 Å². The molecule has 3 fully saturated rings. The van der Waals surface area contributed by atoms with Crippen LogP contribution in [0.15, 0.2) is 11.3 Å². The maximum Gasteiger partial charge on any atom is 0.139 e. The van der Waals surface area contributed by atoms with Crippen molar-refractivity contribution in [2.24, 2.45) is 28.6 Å². The van der Waals surface area contributed by atoms with Crippen LogP contribution in [-0.2, 0) is 4.79 Å². The normalized spacial score (nSPS) is 49.6. The van der Waals surface area contributed by atoms with Crippen molar-refractivity contribution in [2.75, 3.05) is 0 Å². The van der Waals surface area contributed by atoms with Crippen molar-refractivity contribution < 1.29 is 9.90 Å². The molecule has 0 bridgehead atoms. The van der Waals surface area contributed by atoms with Gasteiger partial charge in [0.1, 0.15) is 5.78 Å². The Morgan fingerprint density at radius 3 is 2.57 bits per heavy atom. The van der Waals surface area contributed by atoms with E-state index >= 15 is 0 Å². The number of carbonyl (C=O) groups excluding carboxylic acids is 1. The van der Waals surface area contributed by atoms with Crippen LogP contribution in [0.5, 0.6) is 0 Å². The molecule has 0 spiro atoms. The number of ketones is 1. The molecule has 0 heterocycles. The summed E-state index contributed by atoms with van der Waals surface area (Å²) in [5.74, 6) is 2.96. The van der Waals surface area contributed by atoms with E-state index in [1.807, 2.05) is 0 Å². The smallest absolute Gasteiger partial charge is 0.139 e. The molecule has 2 nitrogen and oxygen atoms in total. The Bertz CT molecular complexity index is 520. The number of aliphatic hydroxyl groups excluding tert-OH is 1. The van der Waals surface area contributed by atoms with Gasteiger partial charge in [0.05, 0.1) is 5.76 Å². The van der Waals surface area contributed by atoms with Gasteiger partial charge in [-0.3, -0.25) is 4.79 Å². The van der Waals surface area contributed by atoms with Crippen LogP contribution in [0.3, 0.4) is 0 Å². The van der Waals surface area contributed by atoms with Gasteiger partial charge in [0.25, 0.3) is 0 Å². The van der Waals surface area contributed by atoms with Crippen LogP contribution in [0.2, 0.25) is 0 Å². The molecule has 21 heavy (non-hydrogen) atoms. The number of allylic oxidation sites excluding steroid dienone is 2. The standard InChI is InChI=1S/C19H28O2/c1-18-9-4-3-5-15(18)16(20)11-12-13-6-7-17(21)19(13,2)10-8-14(12)18/h12-14,20H,3-11H2,1-2H3/t12-,13-,14+,18+,19-/m0/s1. The average Bonchev–Trinajstić information content (AvgIpc) is 2.75. The van der Waals surface area contributed by atoms with Crippen molar-refractivity contribution in [3.05, 3.63) is 11.3 Å². The predicted octanol–water partition coefficient (Wildman–Crippen LogP) is 4.79. The zero-order valence-electron chi connectivity index (χ0n) is 13.5. The van der Waals surface area contributed by atoms with Crippen molar-refractivity contribution >= 4 is 5.78 Å². The topological polar surface area (TPSA) is 37.3 Å². The largest absolute Gasteiger partial charge is 0.512 e. The van der Waals surface area contributed by atoms with Crippen LogP contribution < -0.4 is 0 Å². The van der Waals surface area contributed by atoms with E-state index in [2.05, 4.69) is 13.8 Å². The van der Waals surface area contributed by atoms with Gasteiger partial charge in [0.15, 0.2) is 0 Å². The third-order valence-electron chi connectivity index (χ3n) is 7.80. The van der Waals surface area contributed by atoms with Crippen LogP contribution in [0.1, 0.15) is 71.6 Å². The van der Waals surface area contributed by atoms with Crippen molar-refractivity contribution in [3.63, 3.8) is 0 Å².